The molecule has 0 aromatic heterocycles. The number of esters is 3. The molecule has 14 nitrogen and oxygen atoms in total. The first kappa shape index (κ1) is 36.5. The summed E-state index contributed by atoms with van der Waals surface area (Å²) in [6, 6.07) is 8.63. The zero-order chi connectivity index (χ0) is 32.3. The molecule has 2 N–H and O–H groups in total. The van der Waals surface area contributed by atoms with E-state index in [4.69, 9.17) is 37.9 Å². The Labute approximate surface area is 256 Å². The number of aliphatic hydroxyl groups is 1. The molecule has 0 unspecified atom stereocenters. The first-order valence-corrected chi connectivity index (χ1v) is 14.2. The molecule has 2 rings (SSSR count). The Morgan fingerprint density at radius 1 is 0.864 bits per heavy atom. The second-order valence-corrected chi connectivity index (χ2v) is 9.90. The van der Waals surface area contributed by atoms with Gasteiger partial charge in [-0.3, -0.25) is 19.2 Å². The fourth-order valence-electron chi connectivity index (χ4n) is 4.13. The van der Waals surface area contributed by atoms with Crippen LogP contribution in [0.5, 0.6) is 0 Å². The summed E-state index contributed by atoms with van der Waals surface area (Å²) in [5, 5.41) is 12.7. The van der Waals surface area contributed by atoms with Crippen molar-refractivity contribution in [3.8, 4) is 0 Å². The predicted molar refractivity (Wildman–Crippen MR) is 153 cm³/mol. The van der Waals surface area contributed by atoms with Crippen molar-refractivity contribution in [1.82, 2.24) is 5.32 Å². The molecule has 0 saturated carbocycles. The second-order valence-electron chi connectivity index (χ2n) is 9.90. The highest BCUT2D eigenvalue weighted by molar-refractivity contribution is 5.74. The van der Waals surface area contributed by atoms with Gasteiger partial charge < -0.3 is 48.3 Å². The number of benzene rings is 1. The molecule has 0 bridgehead atoms. The smallest absolute Gasteiger partial charge is 0.303 e. The summed E-state index contributed by atoms with van der Waals surface area (Å²) in [5.41, 5.74) is 1.01. The lowest BCUT2D eigenvalue weighted by molar-refractivity contribution is -0.167. The van der Waals surface area contributed by atoms with Crippen molar-refractivity contribution in [3.63, 3.8) is 0 Å². The van der Waals surface area contributed by atoms with E-state index in [1.165, 1.54) is 34.0 Å². The van der Waals surface area contributed by atoms with Crippen LogP contribution in [0.3, 0.4) is 0 Å². The molecule has 0 radical (unpaired) electrons. The van der Waals surface area contributed by atoms with Crippen LogP contribution in [0.25, 0.3) is 0 Å². The number of aliphatic hydroxyl groups excluding tert-OH is 1. The second kappa shape index (κ2) is 20.3. The topological polar surface area (TPSA) is 174 Å². The van der Waals surface area contributed by atoms with Crippen molar-refractivity contribution in [1.29, 1.82) is 0 Å². The number of ether oxygens (including phenoxy) is 8. The number of nitrogens with one attached hydrogen (secondary N) is 1. The minimum Gasteiger partial charge on any atom is -0.490 e. The Morgan fingerprint density at radius 2 is 1.50 bits per heavy atom. The van der Waals surface area contributed by atoms with Gasteiger partial charge in [0.05, 0.1) is 39.6 Å². The first-order chi connectivity index (χ1) is 21.0. The van der Waals surface area contributed by atoms with Crippen LogP contribution < -0.4 is 5.32 Å². The number of hydrogen-bond acceptors (Lipinski definition) is 13. The van der Waals surface area contributed by atoms with E-state index < -0.39 is 54.3 Å². The van der Waals surface area contributed by atoms with Crippen molar-refractivity contribution in [2.75, 3.05) is 46.2 Å². The van der Waals surface area contributed by atoms with Crippen molar-refractivity contribution in [3.05, 3.63) is 47.9 Å². The number of amides is 1. The Kier molecular flexibility index (Phi) is 16.8. The molecule has 1 aromatic rings. The van der Waals surface area contributed by atoms with Crippen LogP contribution in [0.4, 0.5) is 0 Å². The Morgan fingerprint density at radius 3 is 2.16 bits per heavy atom. The quantitative estimate of drug-likeness (QED) is 0.135. The lowest BCUT2D eigenvalue weighted by atomic mass is 9.98. The van der Waals surface area contributed by atoms with E-state index >= 15 is 0 Å². The molecule has 246 valence electrons. The maximum atomic E-state index is 12.1. The normalized spacial score (nSPS) is 20.5. The summed E-state index contributed by atoms with van der Waals surface area (Å²) in [5.74, 6) is -2.17. The maximum absolute atomic E-state index is 12.1. The van der Waals surface area contributed by atoms with Gasteiger partial charge in [0.25, 0.3) is 0 Å². The third-order valence-corrected chi connectivity index (χ3v) is 5.96. The van der Waals surface area contributed by atoms with Crippen molar-refractivity contribution >= 4 is 23.8 Å². The zero-order valence-electron chi connectivity index (χ0n) is 25.6. The van der Waals surface area contributed by atoms with Crippen molar-refractivity contribution < 1.29 is 62.2 Å². The highest BCUT2D eigenvalue weighted by atomic mass is 16.6. The van der Waals surface area contributed by atoms with Crippen LogP contribution in [0.15, 0.2) is 42.4 Å². The highest BCUT2D eigenvalue weighted by Gasteiger charge is 2.39. The van der Waals surface area contributed by atoms with E-state index in [1.54, 1.807) is 0 Å². The van der Waals surface area contributed by atoms with Crippen LogP contribution in [0.2, 0.25) is 0 Å². The van der Waals surface area contributed by atoms with Gasteiger partial charge in [-0.1, -0.05) is 30.3 Å². The summed E-state index contributed by atoms with van der Waals surface area (Å²) >= 11 is 0. The monoisotopic (exact) mass is 625 g/mol. The average molecular weight is 626 g/mol. The van der Waals surface area contributed by atoms with E-state index in [1.807, 2.05) is 30.3 Å². The molecular weight excluding hydrogens is 582 g/mol. The van der Waals surface area contributed by atoms with E-state index in [9.17, 15) is 24.3 Å². The maximum Gasteiger partial charge on any atom is 0.303 e. The Balaban J connectivity index is 1.89. The lowest BCUT2D eigenvalue weighted by Crippen LogP contribution is -2.51. The zero-order valence-corrected chi connectivity index (χ0v) is 25.6. The summed E-state index contributed by atoms with van der Waals surface area (Å²) in [7, 11) is 0. The molecule has 44 heavy (non-hydrogen) atoms. The Bertz CT molecular complexity index is 1060. The number of carbonyl (C=O) groups is 4. The van der Waals surface area contributed by atoms with E-state index in [-0.39, 0.29) is 58.4 Å². The molecule has 0 saturated heterocycles. The fraction of sp³-hybridized carbons (Fsp3) is 0.600. The van der Waals surface area contributed by atoms with Crippen LogP contribution in [0.1, 0.15) is 39.7 Å². The SMILES string of the molecule is CC(=O)N[C@H]1C(OCCOCCOC[C@H](O)COCc2ccccc2)=CO[C@H](COC(C)=O)[C@H](OC(C)=O)C[C@@H]1OC(C)=O. The van der Waals surface area contributed by atoms with Gasteiger partial charge in [0.1, 0.15) is 43.8 Å². The van der Waals surface area contributed by atoms with Gasteiger partial charge in [-0.05, 0) is 5.56 Å². The third kappa shape index (κ3) is 15.1. The molecule has 14 heteroatoms. The molecule has 1 aromatic carbocycles. The molecule has 0 fully saturated rings. The van der Waals surface area contributed by atoms with E-state index in [2.05, 4.69) is 5.32 Å². The third-order valence-electron chi connectivity index (χ3n) is 5.96. The molecule has 1 aliphatic heterocycles. The molecular formula is C30H43NO13. The standard InChI is InChI=1S/C30H43NO13/c1-20(32)31-30-27(44-23(4)35)14-26(43-22(3)34)28(18-41-21(2)33)42-19-29(30)40-13-12-37-10-11-38-16-25(36)17-39-15-24-8-6-5-7-9-24/h5-9,19,25-28,30,36H,10-18H2,1-4H3,(H,31,32)/t25-,26+,27-,28+,30+/m0/s1. The van der Waals surface area contributed by atoms with E-state index in [0.29, 0.717) is 6.61 Å². The van der Waals surface area contributed by atoms with Gasteiger partial charge in [-0.25, -0.2) is 0 Å². The van der Waals surface area contributed by atoms with Crippen molar-refractivity contribution in [2.45, 2.75) is 71.2 Å². The first-order valence-electron chi connectivity index (χ1n) is 14.2. The molecule has 1 amide bonds. The number of carbonyl (C=O) groups excluding carboxylic acids is 4. The summed E-state index contributed by atoms with van der Waals surface area (Å²) in [6.45, 7) is 5.85. The van der Waals surface area contributed by atoms with Gasteiger partial charge >= 0.3 is 17.9 Å². The Hall–Kier alpha value is -3.72. The van der Waals surface area contributed by atoms with Gasteiger partial charge in [0, 0.05) is 34.1 Å². The largest absolute Gasteiger partial charge is 0.490 e. The molecule has 0 spiro atoms. The summed E-state index contributed by atoms with van der Waals surface area (Å²) in [4.78, 5) is 47.2. The molecule has 1 heterocycles. The number of rotatable bonds is 18. The van der Waals surface area contributed by atoms with Crippen LogP contribution in [0, 0.1) is 0 Å². The van der Waals surface area contributed by atoms with Crippen LogP contribution >= 0.6 is 0 Å². The van der Waals surface area contributed by atoms with Gasteiger partial charge in [0.15, 0.2) is 11.9 Å². The van der Waals surface area contributed by atoms with Crippen molar-refractivity contribution in [2.24, 2.45) is 0 Å². The fourth-order valence-corrected chi connectivity index (χ4v) is 4.13. The summed E-state index contributed by atoms with van der Waals surface area (Å²) < 4.78 is 44.0. The molecule has 5 atom stereocenters. The predicted octanol–water partition coefficient (Wildman–Crippen LogP) is 1.18. The lowest BCUT2D eigenvalue weighted by Gasteiger charge is -2.35. The van der Waals surface area contributed by atoms with Crippen LogP contribution in [-0.2, 0) is 63.7 Å². The minimum absolute atomic E-state index is 0.0238. The minimum atomic E-state index is -1.02. The number of hydrogen-bond donors (Lipinski definition) is 2. The molecule has 1 aliphatic rings. The van der Waals surface area contributed by atoms with Gasteiger partial charge in [-0.15, -0.1) is 0 Å². The summed E-state index contributed by atoms with van der Waals surface area (Å²) in [6.07, 6.45) is -2.63. The highest BCUT2D eigenvalue weighted by Crippen LogP contribution is 2.25. The van der Waals surface area contributed by atoms with Crippen LogP contribution in [-0.4, -0.2) is 106 Å². The average Bonchev–Trinajstić information content (AvgIpc) is 2.94. The molecule has 0 aliphatic carbocycles. The van der Waals surface area contributed by atoms with E-state index in [0.717, 1.165) is 5.56 Å². The van der Waals surface area contributed by atoms with Gasteiger partial charge in [0.2, 0.25) is 5.91 Å². The van der Waals surface area contributed by atoms with Gasteiger partial charge in [-0.2, -0.15) is 0 Å².